The zero-order valence-electron chi connectivity index (χ0n) is 32.6. The highest BCUT2D eigenvalue weighted by atomic mass is 16.8. The van der Waals surface area contributed by atoms with Gasteiger partial charge in [0.05, 0.1) is 31.5 Å². The highest BCUT2D eigenvalue weighted by Crippen LogP contribution is 2.37. The van der Waals surface area contributed by atoms with Crippen molar-refractivity contribution in [3.8, 4) is 0 Å². The summed E-state index contributed by atoms with van der Waals surface area (Å²) in [5.74, 6) is -1.64. The number of ether oxygens (including phenoxy) is 10. The van der Waals surface area contributed by atoms with Crippen molar-refractivity contribution in [2.75, 3.05) is 13.2 Å². The molecule has 5 aliphatic heterocycles. The average molecular weight is 864 g/mol. The highest BCUT2D eigenvalue weighted by Gasteiger charge is 2.57. The zero-order valence-corrected chi connectivity index (χ0v) is 32.6. The molecule has 5 rings (SSSR count). The smallest absolute Gasteiger partial charge is 0.303 e. The molecule has 5 saturated heterocycles. The van der Waals surface area contributed by atoms with Gasteiger partial charge < -0.3 is 114 Å². The van der Waals surface area contributed by atoms with E-state index in [1.165, 1.54) is 20.8 Å². The van der Waals surface area contributed by atoms with Crippen molar-refractivity contribution in [3.05, 3.63) is 0 Å². The molecule has 5 aliphatic rings. The van der Waals surface area contributed by atoms with Crippen molar-refractivity contribution in [2.24, 2.45) is 0 Å². The van der Waals surface area contributed by atoms with E-state index in [4.69, 9.17) is 47.4 Å². The Kier molecular flexibility index (Phi) is 16.4. The molecule has 0 saturated carbocycles. The van der Waals surface area contributed by atoms with Gasteiger partial charge in [-0.1, -0.05) is 0 Å². The minimum absolute atomic E-state index is 0.747. The van der Waals surface area contributed by atoms with Crippen LogP contribution in [0.2, 0.25) is 0 Å². The van der Waals surface area contributed by atoms with Gasteiger partial charge in [-0.15, -0.1) is 0 Å². The zero-order chi connectivity index (χ0) is 43.8. The molecule has 0 spiro atoms. The topological polar surface area (TPSA) is 381 Å². The second-order valence-corrected chi connectivity index (χ2v) is 15.2. The molecule has 25 nitrogen and oxygen atoms in total. The van der Waals surface area contributed by atoms with E-state index in [0.717, 1.165) is 13.8 Å². The Labute approximate surface area is 336 Å². The molecule has 25 heteroatoms. The number of aliphatic hydroxyl groups is 12. The van der Waals surface area contributed by atoms with Crippen LogP contribution in [0.15, 0.2) is 0 Å². The first-order valence-electron chi connectivity index (χ1n) is 19.1. The summed E-state index contributed by atoms with van der Waals surface area (Å²) in [6.07, 6.45) is -41.3. The van der Waals surface area contributed by atoms with Crippen LogP contribution in [0.4, 0.5) is 0 Å². The van der Waals surface area contributed by atoms with Gasteiger partial charge in [0.2, 0.25) is 5.91 Å². The lowest BCUT2D eigenvalue weighted by Crippen LogP contribution is -2.69. The van der Waals surface area contributed by atoms with Gasteiger partial charge in [-0.3, -0.25) is 9.59 Å². The largest absolute Gasteiger partial charge is 0.454 e. The van der Waals surface area contributed by atoms with E-state index >= 15 is 0 Å². The summed E-state index contributed by atoms with van der Waals surface area (Å²) in [7, 11) is 0. The summed E-state index contributed by atoms with van der Waals surface area (Å²) in [4.78, 5) is 24.2. The first kappa shape index (κ1) is 48.1. The maximum Gasteiger partial charge on any atom is 0.303 e. The van der Waals surface area contributed by atoms with Crippen molar-refractivity contribution in [1.82, 2.24) is 5.32 Å². The van der Waals surface area contributed by atoms with Gasteiger partial charge in [0.15, 0.2) is 37.6 Å². The van der Waals surface area contributed by atoms with E-state index in [2.05, 4.69) is 5.32 Å². The Morgan fingerprint density at radius 3 is 1.49 bits per heavy atom. The molecule has 0 aliphatic carbocycles. The van der Waals surface area contributed by atoms with Gasteiger partial charge in [0.1, 0.15) is 97.6 Å². The van der Waals surface area contributed by atoms with Gasteiger partial charge in [-0.25, -0.2) is 0 Å². The molecule has 5 fully saturated rings. The SMILES string of the molecule is CC(=O)N[C@H]1[C@H](O[C@H]2[C@H](O[C@H]3[C@H](O[C@@H]4[C@@H](O)[C@H](C)O[C@H](O)[C@@H]4OC(C)=O)O[C@@H](C)[C@H](O)[C@H]3O)O[C@@H](C)[C@H](O)[C@H]2O[C@H]2O[C@H](CO)[C@@H](O)[C@H](O)[C@H]2O)O[C@H](CO)[C@@H](O)[C@@H]1O. The number of amides is 1. The van der Waals surface area contributed by atoms with Gasteiger partial charge in [-0.2, -0.15) is 0 Å². The summed E-state index contributed by atoms with van der Waals surface area (Å²) >= 11 is 0. The summed E-state index contributed by atoms with van der Waals surface area (Å²) in [5, 5.41) is 131. The Hall–Kier alpha value is -1.90. The number of carbonyl (C=O) groups excluding carboxylic acids is 2. The van der Waals surface area contributed by atoms with Crippen LogP contribution in [0.5, 0.6) is 0 Å². The first-order chi connectivity index (χ1) is 27.7. The number of hydrogen-bond acceptors (Lipinski definition) is 24. The van der Waals surface area contributed by atoms with Gasteiger partial charge in [0, 0.05) is 13.8 Å². The third-order valence-electron chi connectivity index (χ3n) is 10.9. The summed E-state index contributed by atoms with van der Waals surface area (Å²) in [6.45, 7) is 4.40. The lowest BCUT2D eigenvalue weighted by atomic mass is 9.95. The minimum atomic E-state index is -2.02. The van der Waals surface area contributed by atoms with Gasteiger partial charge >= 0.3 is 5.97 Å². The lowest BCUT2D eigenvalue weighted by Gasteiger charge is -2.51. The molecule has 0 unspecified atom stereocenters. The second-order valence-electron chi connectivity index (χ2n) is 15.2. The molecule has 0 aromatic heterocycles. The van der Waals surface area contributed by atoms with Crippen LogP contribution in [0, 0.1) is 0 Å². The quantitative estimate of drug-likeness (QED) is 0.0810. The molecule has 0 bridgehead atoms. The fourth-order valence-corrected chi connectivity index (χ4v) is 7.51. The number of hydrogen-bond donors (Lipinski definition) is 13. The van der Waals surface area contributed by atoms with Crippen LogP contribution < -0.4 is 5.32 Å². The van der Waals surface area contributed by atoms with E-state index < -0.39 is 179 Å². The Balaban J connectivity index is 1.54. The van der Waals surface area contributed by atoms with E-state index in [9.17, 15) is 70.9 Å². The van der Waals surface area contributed by atoms with Crippen LogP contribution in [0.1, 0.15) is 34.6 Å². The van der Waals surface area contributed by atoms with E-state index in [-0.39, 0.29) is 0 Å². The van der Waals surface area contributed by atoms with Crippen LogP contribution >= 0.6 is 0 Å². The third kappa shape index (κ3) is 10.3. The Morgan fingerprint density at radius 2 is 0.932 bits per heavy atom. The molecule has 342 valence electrons. The summed E-state index contributed by atoms with van der Waals surface area (Å²) in [5.41, 5.74) is 0. The monoisotopic (exact) mass is 863 g/mol. The Bertz CT molecular complexity index is 1380. The van der Waals surface area contributed by atoms with Crippen LogP contribution in [0.25, 0.3) is 0 Å². The Morgan fingerprint density at radius 1 is 0.475 bits per heavy atom. The maximum atomic E-state index is 12.3. The van der Waals surface area contributed by atoms with Crippen molar-refractivity contribution in [2.45, 2.75) is 188 Å². The highest BCUT2D eigenvalue weighted by molar-refractivity contribution is 5.73. The molecular weight excluding hydrogens is 806 g/mol. The lowest BCUT2D eigenvalue weighted by molar-refractivity contribution is -0.408. The molecule has 59 heavy (non-hydrogen) atoms. The standard InChI is InChI=1S/C34H57NO24/c1-8-16(40)23(47)27(33(51-8)57-25-17(41)9(2)50-30(49)28(25)53-12(5)39)58-34-29(59-31-15(35-11(4)38)21(45)19(43)13(6-36)54-31)26(18(42)10(3)52-34)56-32-24(48)22(46)20(44)14(7-37)55-32/h8-10,13-34,36-37,40-49H,6-7H2,1-5H3,(H,35,38)/t8-,9-,10-,13+,14+,15+,16-,17-,18-,19+,20+,21+,22-,23+,24+,25+,26+,27+,28+,29+,30-,31-,32+,33-,34-/m0/s1. The second kappa shape index (κ2) is 20.1. The molecule has 1 amide bonds. The summed E-state index contributed by atoms with van der Waals surface area (Å²) < 4.78 is 58.0. The molecule has 25 atom stereocenters. The predicted octanol–water partition coefficient (Wildman–Crippen LogP) is -8.13. The first-order valence-corrected chi connectivity index (χ1v) is 19.1. The molecule has 13 N–H and O–H groups in total. The van der Waals surface area contributed by atoms with Crippen molar-refractivity contribution in [1.29, 1.82) is 0 Å². The average Bonchev–Trinajstić information content (AvgIpc) is 3.18. The fraction of sp³-hybridized carbons (Fsp3) is 0.941. The number of aliphatic hydroxyl groups excluding tert-OH is 12. The third-order valence-corrected chi connectivity index (χ3v) is 10.9. The molecule has 5 heterocycles. The summed E-state index contributed by atoms with van der Waals surface area (Å²) in [6, 6.07) is -1.61. The molecular formula is C34H57NO24. The van der Waals surface area contributed by atoms with Gasteiger partial charge in [0.25, 0.3) is 0 Å². The van der Waals surface area contributed by atoms with Crippen LogP contribution in [0.3, 0.4) is 0 Å². The number of nitrogens with one attached hydrogen (secondary N) is 1. The van der Waals surface area contributed by atoms with E-state index in [0.29, 0.717) is 0 Å². The van der Waals surface area contributed by atoms with Crippen molar-refractivity contribution >= 4 is 11.9 Å². The van der Waals surface area contributed by atoms with Crippen molar-refractivity contribution < 1.29 is 118 Å². The fourth-order valence-electron chi connectivity index (χ4n) is 7.51. The van der Waals surface area contributed by atoms with Gasteiger partial charge in [-0.05, 0) is 20.8 Å². The predicted molar refractivity (Wildman–Crippen MR) is 183 cm³/mol. The maximum absolute atomic E-state index is 12.3. The van der Waals surface area contributed by atoms with Crippen LogP contribution in [-0.4, -0.2) is 240 Å². The van der Waals surface area contributed by atoms with Crippen molar-refractivity contribution in [3.63, 3.8) is 0 Å². The number of esters is 1. The van der Waals surface area contributed by atoms with E-state index in [1.54, 1.807) is 0 Å². The minimum Gasteiger partial charge on any atom is -0.454 e. The molecule has 0 aromatic carbocycles. The number of carbonyl (C=O) groups is 2. The van der Waals surface area contributed by atoms with Crippen LogP contribution in [-0.2, 0) is 57.0 Å². The number of rotatable bonds is 12. The van der Waals surface area contributed by atoms with E-state index in [1.807, 2.05) is 0 Å². The normalized spacial score (nSPS) is 50.8. The molecule has 0 aromatic rings. The molecule has 0 radical (unpaired) electrons.